The topological polar surface area (TPSA) is 33.5 Å². The van der Waals surface area contributed by atoms with Crippen molar-refractivity contribution in [2.45, 2.75) is 25.4 Å². The lowest BCUT2D eigenvalue weighted by atomic mass is 10.3. The number of rotatable bonds is 4. The first-order chi connectivity index (χ1) is 8.34. The van der Waals surface area contributed by atoms with Crippen LogP contribution in [0.1, 0.15) is 29.0 Å². The third kappa shape index (κ3) is 2.26. The van der Waals surface area contributed by atoms with E-state index in [4.69, 9.17) is 4.42 Å². The summed E-state index contributed by atoms with van der Waals surface area (Å²) in [4.78, 5) is 14.2. The molecule has 2 aromatic heterocycles. The molecule has 17 heavy (non-hydrogen) atoms. The van der Waals surface area contributed by atoms with Gasteiger partial charge in [0.1, 0.15) is 0 Å². The highest BCUT2D eigenvalue weighted by Crippen LogP contribution is 2.30. The maximum Gasteiger partial charge on any atom is 0.290 e. The van der Waals surface area contributed by atoms with Crippen LogP contribution in [0.2, 0.25) is 0 Å². The zero-order chi connectivity index (χ0) is 11.7. The van der Waals surface area contributed by atoms with Gasteiger partial charge in [-0.2, -0.15) is 11.3 Å². The van der Waals surface area contributed by atoms with Gasteiger partial charge in [0.25, 0.3) is 5.91 Å². The second-order valence-electron chi connectivity index (χ2n) is 4.27. The largest absolute Gasteiger partial charge is 0.459 e. The fourth-order valence-corrected chi connectivity index (χ4v) is 2.53. The molecule has 0 bridgehead atoms. The summed E-state index contributed by atoms with van der Waals surface area (Å²) >= 11 is 1.66. The van der Waals surface area contributed by atoms with Gasteiger partial charge < -0.3 is 9.32 Å². The standard InChI is InChI=1S/C13H13NO2S/c15-13(12-2-1-6-16-12)14(11-3-4-11)8-10-5-7-17-9-10/h1-2,5-7,9,11H,3-4,8H2. The third-order valence-electron chi connectivity index (χ3n) is 2.91. The lowest BCUT2D eigenvalue weighted by Gasteiger charge is -2.20. The van der Waals surface area contributed by atoms with Crippen molar-refractivity contribution >= 4 is 17.2 Å². The van der Waals surface area contributed by atoms with E-state index in [-0.39, 0.29) is 5.91 Å². The molecule has 1 saturated carbocycles. The molecule has 3 rings (SSSR count). The molecule has 0 saturated heterocycles. The van der Waals surface area contributed by atoms with Crippen molar-refractivity contribution in [2.24, 2.45) is 0 Å². The van der Waals surface area contributed by atoms with Crippen LogP contribution < -0.4 is 0 Å². The molecule has 0 spiro atoms. The van der Waals surface area contributed by atoms with Gasteiger partial charge in [-0.15, -0.1) is 0 Å². The van der Waals surface area contributed by atoms with E-state index >= 15 is 0 Å². The summed E-state index contributed by atoms with van der Waals surface area (Å²) in [5.41, 5.74) is 1.20. The molecule has 0 aromatic carbocycles. The van der Waals surface area contributed by atoms with E-state index in [1.165, 1.54) is 5.56 Å². The monoisotopic (exact) mass is 247 g/mol. The Morgan fingerprint density at radius 1 is 1.47 bits per heavy atom. The maximum absolute atomic E-state index is 12.2. The van der Waals surface area contributed by atoms with Crippen LogP contribution in [0.3, 0.4) is 0 Å². The number of hydrogen-bond donors (Lipinski definition) is 0. The molecule has 0 atom stereocenters. The van der Waals surface area contributed by atoms with Gasteiger partial charge >= 0.3 is 0 Å². The zero-order valence-electron chi connectivity index (χ0n) is 9.33. The third-order valence-corrected chi connectivity index (χ3v) is 3.65. The van der Waals surface area contributed by atoms with Crippen LogP contribution >= 0.6 is 11.3 Å². The molecule has 1 aliphatic carbocycles. The summed E-state index contributed by atoms with van der Waals surface area (Å²) in [5.74, 6) is 0.441. The average molecular weight is 247 g/mol. The minimum absolute atomic E-state index is 0.00343. The van der Waals surface area contributed by atoms with E-state index < -0.39 is 0 Å². The van der Waals surface area contributed by atoms with E-state index in [2.05, 4.69) is 11.4 Å². The number of hydrogen-bond acceptors (Lipinski definition) is 3. The fraction of sp³-hybridized carbons (Fsp3) is 0.308. The Morgan fingerprint density at radius 3 is 2.94 bits per heavy atom. The van der Waals surface area contributed by atoms with Crippen LogP contribution in [0.25, 0.3) is 0 Å². The maximum atomic E-state index is 12.2. The number of furan rings is 1. The van der Waals surface area contributed by atoms with Crippen molar-refractivity contribution in [3.63, 3.8) is 0 Å². The van der Waals surface area contributed by atoms with Crippen molar-refractivity contribution < 1.29 is 9.21 Å². The van der Waals surface area contributed by atoms with Crippen LogP contribution in [0.15, 0.2) is 39.6 Å². The summed E-state index contributed by atoms with van der Waals surface area (Å²) in [7, 11) is 0. The SMILES string of the molecule is O=C(c1ccco1)N(Cc1ccsc1)C1CC1. The minimum Gasteiger partial charge on any atom is -0.459 e. The Bertz CT molecular complexity index is 485. The quantitative estimate of drug-likeness (QED) is 0.831. The second-order valence-corrected chi connectivity index (χ2v) is 5.05. The van der Waals surface area contributed by atoms with Gasteiger partial charge in [-0.1, -0.05) is 0 Å². The Kier molecular flexibility index (Phi) is 2.73. The van der Waals surface area contributed by atoms with E-state index in [0.717, 1.165) is 12.8 Å². The zero-order valence-corrected chi connectivity index (χ0v) is 10.2. The fourth-order valence-electron chi connectivity index (χ4n) is 1.87. The van der Waals surface area contributed by atoms with Gasteiger partial charge in [0, 0.05) is 12.6 Å². The van der Waals surface area contributed by atoms with Gasteiger partial charge in [-0.3, -0.25) is 4.79 Å². The molecular weight excluding hydrogens is 234 g/mol. The molecule has 0 aliphatic heterocycles. The molecule has 88 valence electrons. The van der Waals surface area contributed by atoms with E-state index in [0.29, 0.717) is 18.3 Å². The van der Waals surface area contributed by atoms with Gasteiger partial charge in [-0.05, 0) is 47.4 Å². The highest BCUT2D eigenvalue weighted by atomic mass is 32.1. The van der Waals surface area contributed by atoms with Gasteiger partial charge in [-0.25, -0.2) is 0 Å². The van der Waals surface area contributed by atoms with Crippen LogP contribution in [0.5, 0.6) is 0 Å². The van der Waals surface area contributed by atoms with Crippen LogP contribution in [0.4, 0.5) is 0 Å². The van der Waals surface area contributed by atoms with E-state index in [1.807, 2.05) is 10.3 Å². The van der Waals surface area contributed by atoms with Crippen molar-refractivity contribution in [1.29, 1.82) is 0 Å². The molecule has 0 unspecified atom stereocenters. The first-order valence-corrected chi connectivity index (χ1v) is 6.64. The molecule has 0 radical (unpaired) electrons. The van der Waals surface area contributed by atoms with Crippen molar-refractivity contribution in [3.05, 3.63) is 46.5 Å². The first kappa shape index (κ1) is 10.6. The summed E-state index contributed by atoms with van der Waals surface area (Å²) in [6, 6.07) is 5.94. The number of thiophene rings is 1. The van der Waals surface area contributed by atoms with Crippen molar-refractivity contribution in [1.82, 2.24) is 4.90 Å². The van der Waals surface area contributed by atoms with Gasteiger partial charge in [0.15, 0.2) is 5.76 Å². The predicted molar refractivity (Wildman–Crippen MR) is 65.9 cm³/mol. The minimum atomic E-state index is 0.00343. The Labute approximate surface area is 104 Å². The molecule has 1 fully saturated rings. The molecule has 0 N–H and O–H groups in total. The second kappa shape index (κ2) is 4.37. The average Bonchev–Trinajstić information content (AvgIpc) is 2.86. The summed E-state index contributed by atoms with van der Waals surface area (Å²) in [6.45, 7) is 0.688. The number of nitrogens with zero attached hydrogens (tertiary/aromatic N) is 1. The predicted octanol–water partition coefficient (Wildman–Crippen LogP) is 3.15. The lowest BCUT2D eigenvalue weighted by Crippen LogP contribution is -2.32. The number of carbonyl (C=O) groups excluding carboxylic acids is 1. The first-order valence-electron chi connectivity index (χ1n) is 5.70. The highest BCUT2D eigenvalue weighted by molar-refractivity contribution is 7.07. The molecule has 1 aliphatic rings. The number of carbonyl (C=O) groups is 1. The Morgan fingerprint density at radius 2 is 2.35 bits per heavy atom. The van der Waals surface area contributed by atoms with Gasteiger partial charge in [0.05, 0.1) is 6.26 Å². The summed E-state index contributed by atoms with van der Waals surface area (Å²) in [6.07, 6.45) is 3.76. The van der Waals surface area contributed by atoms with Crippen molar-refractivity contribution in [3.8, 4) is 0 Å². The smallest absolute Gasteiger partial charge is 0.290 e. The van der Waals surface area contributed by atoms with Crippen LogP contribution in [0, 0.1) is 0 Å². The molecule has 4 heteroatoms. The van der Waals surface area contributed by atoms with E-state index in [1.54, 1.807) is 29.7 Å². The highest BCUT2D eigenvalue weighted by Gasteiger charge is 2.34. The molecule has 2 aromatic rings. The van der Waals surface area contributed by atoms with Crippen LogP contribution in [-0.2, 0) is 6.54 Å². The molecule has 2 heterocycles. The van der Waals surface area contributed by atoms with Crippen molar-refractivity contribution in [2.75, 3.05) is 0 Å². The van der Waals surface area contributed by atoms with Gasteiger partial charge in [0.2, 0.25) is 0 Å². The molecule has 3 nitrogen and oxygen atoms in total. The molecule has 1 amide bonds. The molecular formula is C13H13NO2S. The van der Waals surface area contributed by atoms with Crippen LogP contribution in [-0.4, -0.2) is 16.8 Å². The van der Waals surface area contributed by atoms with E-state index in [9.17, 15) is 4.79 Å². The normalized spacial score (nSPS) is 14.8. The number of amides is 1. The summed E-state index contributed by atoms with van der Waals surface area (Å²) in [5, 5.41) is 4.13. The summed E-state index contributed by atoms with van der Waals surface area (Å²) < 4.78 is 5.18. The Hall–Kier alpha value is -1.55. The Balaban J connectivity index is 1.78. The lowest BCUT2D eigenvalue weighted by molar-refractivity contribution is 0.0697.